The van der Waals surface area contributed by atoms with Gasteiger partial charge in [0.05, 0.1) is 0 Å². The molecule has 0 aromatic carbocycles. The van der Waals surface area contributed by atoms with E-state index in [4.69, 9.17) is 4.74 Å². The highest BCUT2D eigenvalue weighted by Crippen LogP contribution is 2.13. The number of aliphatic hydroxyl groups is 5. The van der Waals surface area contributed by atoms with Crippen LogP contribution < -0.4 is 0 Å². The van der Waals surface area contributed by atoms with Gasteiger partial charge in [0, 0.05) is 12.8 Å². The van der Waals surface area contributed by atoms with E-state index < -0.39 is 48.9 Å². The van der Waals surface area contributed by atoms with E-state index in [1.165, 1.54) is 0 Å². The minimum absolute atomic E-state index is 0.0484. The predicted octanol–water partition coefficient (Wildman–Crippen LogP) is 0.0638. The van der Waals surface area contributed by atoms with Gasteiger partial charge in [0.2, 0.25) is 0 Å². The van der Waals surface area contributed by atoms with E-state index in [0.717, 1.165) is 25.7 Å². The molecule has 0 heterocycles. The Hall–Kier alpha value is -1.06. The van der Waals surface area contributed by atoms with Gasteiger partial charge in [0.25, 0.3) is 0 Å². The molecule has 26 heavy (non-hydrogen) atoms. The molecule has 0 spiro atoms. The quantitative estimate of drug-likeness (QED) is 0.199. The fourth-order valence-electron chi connectivity index (χ4n) is 2.37. The molecular weight excluding hydrogens is 344 g/mol. The van der Waals surface area contributed by atoms with Crippen molar-refractivity contribution in [3.8, 4) is 0 Å². The molecule has 0 radical (unpaired) electrons. The van der Waals surface area contributed by atoms with Crippen molar-refractivity contribution < 1.29 is 39.9 Å². The summed E-state index contributed by atoms with van der Waals surface area (Å²) in [6.45, 7) is 3.38. The van der Waals surface area contributed by atoms with Crippen LogP contribution in [-0.4, -0.2) is 74.4 Å². The summed E-state index contributed by atoms with van der Waals surface area (Å²) in [5, 5.41) is 49.2. The first-order valence-corrected chi connectivity index (χ1v) is 9.34. The molecule has 0 aliphatic rings. The molecule has 0 aromatic heterocycles. The third-order valence-electron chi connectivity index (χ3n) is 4.17. The number of Topliss-reactive ketones (excluding diaryl/α,β-unsaturated/α-hetero) is 1. The number of hydrogen-bond acceptors (Lipinski definition) is 8. The number of carbonyl (C=O) groups excluding carboxylic acids is 2. The first kappa shape index (κ1) is 24.9. The maximum absolute atomic E-state index is 11.8. The van der Waals surface area contributed by atoms with Crippen molar-refractivity contribution in [2.24, 2.45) is 0 Å². The summed E-state index contributed by atoms with van der Waals surface area (Å²) in [5.41, 5.74) is 0. The van der Waals surface area contributed by atoms with Gasteiger partial charge in [-0.1, -0.05) is 39.5 Å². The number of unbranched alkanes of at least 4 members (excludes halogenated alkanes) is 4. The normalized spacial score (nSPS) is 17.2. The largest absolute Gasteiger partial charge is 0.463 e. The lowest BCUT2D eigenvalue weighted by molar-refractivity contribution is -0.163. The van der Waals surface area contributed by atoms with Crippen molar-refractivity contribution >= 4 is 11.8 Å². The predicted molar refractivity (Wildman–Crippen MR) is 94.3 cm³/mol. The third-order valence-corrected chi connectivity index (χ3v) is 4.17. The molecule has 0 saturated carbocycles. The van der Waals surface area contributed by atoms with Crippen LogP contribution in [-0.2, 0) is 14.3 Å². The van der Waals surface area contributed by atoms with Crippen molar-refractivity contribution in [1.82, 2.24) is 0 Å². The Kier molecular flexibility index (Phi) is 13.5. The van der Waals surface area contributed by atoms with Crippen LogP contribution in [0.2, 0.25) is 0 Å². The van der Waals surface area contributed by atoms with Crippen LogP contribution >= 0.6 is 0 Å². The van der Waals surface area contributed by atoms with Crippen molar-refractivity contribution in [1.29, 1.82) is 0 Å². The van der Waals surface area contributed by atoms with Crippen LogP contribution in [0.1, 0.15) is 65.2 Å². The number of esters is 1. The highest BCUT2D eigenvalue weighted by atomic mass is 16.5. The number of ketones is 1. The summed E-state index contributed by atoms with van der Waals surface area (Å²) in [6, 6.07) is 0. The van der Waals surface area contributed by atoms with E-state index in [2.05, 4.69) is 0 Å². The van der Waals surface area contributed by atoms with Gasteiger partial charge in [-0.05, 0) is 12.8 Å². The molecule has 0 aliphatic heterocycles. The van der Waals surface area contributed by atoms with Crippen molar-refractivity contribution in [2.75, 3.05) is 6.61 Å². The van der Waals surface area contributed by atoms with E-state index in [1.807, 2.05) is 13.8 Å². The molecule has 0 saturated heterocycles. The van der Waals surface area contributed by atoms with Gasteiger partial charge < -0.3 is 30.3 Å². The summed E-state index contributed by atoms with van der Waals surface area (Å²) in [4.78, 5) is 23.2. The molecule has 5 N–H and O–H groups in total. The number of carbonyl (C=O) groups is 2. The lowest BCUT2D eigenvalue weighted by atomic mass is 9.95. The second-order valence-corrected chi connectivity index (χ2v) is 6.55. The monoisotopic (exact) mass is 378 g/mol. The molecule has 0 bridgehead atoms. The van der Waals surface area contributed by atoms with E-state index in [-0.39, 0.29) is 12.8 Å². The Labute approximate surface area is 154 Å². The van der Waals surface area contributed by atoms with E-state index in [0.29, 0.717) is 12.8 Å². The van der Waals surface area contributed by atoms with Gasteiger partial charge in [0.15, 0.2) is 5.78 Å². The molecule has 0 aliphatic carbocycles. The van der Waals surface area contributed by atoms with Crippen LogP contribution in [0.5, 0.6) is 0 Å². The zero-order valence-electron chi connectivity index (χ0n) is 15.7. The van der Waals surface area contributed by atoms with Crippen LogP contribution in [0.4, 0.5) is 0 Å². The zero-order valence-corrected chi connectivity index (χ0v) is 15.7. The molecule has 8 heteroatoms. The number of rotatable bonds is 15. The smallest absolute Gasteiger partial charge is 0.305 e. The minimum Gasteiger partial charge on any atom is -0.463 e. The molecule has 0 amide bonds. The van der Waals surface area contributed by atoms with Crippen molar-refractivity contribution in [2.45, 2.75) is 95.7 Å². The summed E-state index contributed by atoms with van der Waals surface area (Å²) < 4.78 is 4.80. The summed E-state index contributed by atoms with van der Waals surface area (Å²) in [7, 11) is 0. The van der Waals surface area contributed by atoms with Gasteiger partial charge in [-0.3, -0.25) is 9.59 Å². The lowest BCUT2D eigenvalue weighted by Gasteiger charge is -2.28. The number of hydrogen-bond donors (Lipinski definition) is 5. The fourth-order valence-corrected chi connectivity index (χ4v) is 2.37. The van der Waals surface area contributed by atoms with E-state index >= 15 is 0 Å². The molecule has 0 fully saturated rings. The fraction of sp³-hybridized carbons (Fsp3) is 0.889. The van der Waals surface area contributed by atoms with Gasteiger partial charge in [-0.2, -0.15) is 0 Å². The Morgan fingerprint density at radius 2 is 1.31 bits per heavy atom. The Balaban J connectivity index is 4.37. The topological polar surface area (TPSA) is 145 Å². The second-order valence-electron chi connectivity index (χ2n) is 6.55. The molecule has 0 aromatic rings. The first-order chi connectivity index (χ1) is 12.3. The molecule has 1 unspecified atom stereocenters. The zero-order chi connectivity index (χ0) is 20.1. The highest BCUT2D eigenvalue weighted by Gasteiger charge is 2.37. The Morgan fingerprint density at radius 3 is 1.85 bits per heavy atom. The highest BCUT2D eigenvalue weighted by molar-refractivity contribution is 5.83. The van der Waals surface area contributed by atoms with Gasteiger partial charge in [-0.15, -0.1) is 0 Å². The standard InChI is InChI=1S/C18H34O8/c1-3-5-7-9-12(19)15(22)17(24)18(25)16(23)13(20)11-26-14(21)10-8-6-4-2/h13,15-18,20,22-25H,3-11H2,1-2H3/t13-,15?,16+,17+,18+/m1/s1. The molecular formula is C18H34O8. The van der Waals surface area contributed by atoms with Gasteiger partial charge in [-0.25, -0.2) is 0 Å². The Bertz CT molecular complexity index is 401. The van der Waals surface area contributed by atoms with Crippen LogP contribution in [0, 0.1) is 0 Å². The average molecular weight is 378 g/mol. The maximum Gasteiger partial charge on any atom is 0.305 e. The van der Waals surface area contributed by atoms with E-state index in [9.17, 15) is 35.1 Å². The molecule has 0 rings (SSSR count). The summed E-state index contributed by atoms with van der Waals surface area (Å²) in [6.07, 6.45) is -4.38. The van der Waals surface area contributed by atoms with Crippen LogP contribution in [0.25, 0.3) is 0 Å². The first-order valence-electron chi connectivity index (χ1n) is 9.34. The van der Waals surface area contributed by atoms with Gasteiger partial charge in [0.1, 0.15) is 37.1 Å². The molecule has 5 atom stereocenters. The van der Waals surface area contributed by atoms with Crippen molar-refractivity contribution in [3.63, 3.8) is 0 Å². The summed E-state index contributed by atoms with van der Waals surface area (Å²) >= 11 is 0. The minimum atomic E-state index is -1.96. The van der Waals surface area contributed by atoms with Crippen molar-refractivity contribution in [3.05, 3.63) is 0 Å². The number of aliphatic hydroxyl groups excluding tert-OH is 5. The molecule has 8 nitrogen and oxygen atoms in total. The molecule has 154 valence electrons. The van der Waals surface area contributed by atoms with E-state index in [1.54, 1.807) is 0 Å². The average Bonchev–Trinajstić information content (AvgIpc) is 2.63. The Morgan fingerprint density at radius 1 is 0.769 bits per heavy atom. The number of ether oxygens (including phenoxy) is 1. The maximum atomic E-state index is 11.8. The lowest BCUT2D eigenvalue weighted by Crippen LogP contribution is -2.52. The third kappa shape index (κ3) is 9.59. The second kappa shape index (κ2) is 14.1. The van der Waals surface area contributed by atoms with Gasteiger partial charge >= 0.3 is 5.97 Å². The van der Waals surface area contributed by atoms with Crippen LogP contribution in [0.15, 0.2) is 0 Å². The van der Waals surface area contributed by atoms with Crippen LogP contribution in [0.3, 0.4) is 0 Å². The SMILES string of the molecule is CCCCCC(=O)OC[C@@H](O)[C@H](O)[C@H](O)[C@@H](O)C(O)C(=O)CCCCC. The summed E-state index contributed by atoms with van der Waals surface area (Å²) in [5.74, 6) is -1.18.